The number of hydrogen-bond donors (Lipinski definition) is 1. The molecule has 1 aromatic rings. The second-order valence-electron chi connectivity index (χ2n) is 4.79. The molecule has 0 spiro atoms. The van der Waals surface area contributed by atoms with E-state index in [0.717, 1.165) is 25.5 Å². The Morgan fingerprint density at radius 3 is 2.82 bits per heavy atom. The Hall–Kier alpha value is -1.35. The van der Waals surface area contributed by atoms with Crippen molar-refractivity contribution in [2.75, 3.05) is 24.5 Å². The second-order valence-corrected chi connectivity index (χ2v) is 4.79. The molecule has 0 atom stereocenters. The molecule has 0 radical (unpaired) electrons. The van der Waals surface area contributed by atoms with Crippen LogP contribution in [-0.4, -0.2) is 30.7 Å². The number of nitrogens with zero attached hydrogens (tertiary/aromatic N) is 2. The van der Waals surface area contributed by atoms with E-state index in [2.05, 4.69) is 34.8 Å². The fraction of sp³-hybridized carbons (Fsp3) is 0.500. The van der Waals surface area contributed by atoms with Gasteiger partial charge < -0.3 is 10.2 Å². The van der Waals surface area contributed by atoms with Gasteiger partial charge in [0.1, 0.15) is 5.82 Å². The van der Waals surface area contributed by atoms with Crippen molar-refractivity contribution in [3.63, 3.8) is 0 Å². The van der Waals surface area contributed by atoms with Crippen LogP contribution in [0.5, 0.6) is 0 Å². The lowest BCUT2D eigenvalue weighted by Crippen LogP contribution is -2.43. The summed E-state index contributed by atoms with van der Waals surface area (Å²) in [7, 11) is 0. The minimum atomic E-state index is 0.631. The third-order valence-corrected chi connectivity index (χ3v) is 3.16. The van der Waals surface area contributed by atoms with Gasteiger partial charge in [-0.2, -0.15) is 0 Å². The van der Waals surface area contributed by atoms with Gasteiger partial charge in [0.15, 0.2) is 0 Å². The molecule has 1 aromatic heterocycles. The number of aromatic nitrogens is 1. The predicted octanol–water partition coefficient (Wildman–Crippen LogP) is 2.22. The highest BCUT2D eigenvalue weighted by Gasteiger charge is 2.19. The minimum Gasteiger partial charge on any atom is -0.357 e. The van der Waals surface area contributed by atoms with Gasteiger partial charge in [-0.05, 0) is 31.9 Å². The Balaban J connectivity index is 1.80. The van der Waals surface area contributed by atoms with Gasteiger partial charge in [0, 0.05) is 31.9 Å². The first-order chi connectivity index (χ1) is 8.25. The van der Waals surface area contributed by atoms with Crippen LogP contribution in [-0.2, 0) is 0 Å². The highest BCUT2D eigenvalue weighted by Crippen LogP contribution is 2.17. The van der Waals surface area contributed by atoms with Gasteiger partial charge in [-0.1, -0.05) is 18.2 Å². The molecule has 0 unspecified atom stereocenters. The summed E-state index contributed by atoms with van der Waals surface area (Å²) in [5.41, 5.74) is 1.21. The molecule has 92 valence electrons. The molecule has 1 aliphatic heterocycles. The summed E-state index contributed by atoms with van der Waals surface area (Å²) in [6, 6.07) is 6.73. The number of pyridine rings is 1. The molecular formula is C14H21N3. The van der Waals surface area contributed by atoms with Crippen molar-refractivity contribution in [1.29, 1.82) is 0 Å². The van der Waals surface area contributed by atoms with Gasteiger partial charge in [0.25, 0.3) is 0 Å². The standard InChI is InChI=1S/C14H21N3/c1-12(2)11-16-13-6-9-17(10-7-13)14-5-3-4-8-15-14/h3-5,8,13,16H,1,6-7,9-11H2,2H3. The number of nitrogens with one attached hydrogen (secondary N) is 1. The third-order valence-electron chi connectivity index (χ3n) is 3.16. The first-order valence-corrected chi connectivity index (χ1v) is 6.29. The van der Waals surface area contributed by atoms with Crippen molar-refractivity contribution >= 4 is 5.82 Å². The number of rotatable bonds is 4. The van der Waals surface area contributed by atoms with E-state index in [-0.39, 0.29) is 0 Å². The molecule has 3 nitrogen and oxygen atoms in total. The number of hydrogen-bond acceptors (Lipinski definition) is 3. The van der Waals surface area contributed by atoms with Gasteiger partial charge >= 0.3 is 0 Å². The maximum absolute atomic E-state index is 4.39. The van der Waals surface area contributed by atoms with Crippen molar-refractivity contribution in [1.82, 2.24) is 10.3 Å². The number of anilines is 1. The topological polar surface area (TPSA) is 28.2 Å². The molecule has 0 aliphatic carbocycles. The Morgan fingerprint density at radius 1 is 1.47 bits per heavy atom. The van der Waals surface area contributed by atoms with E-state index in [1.165, 1.54) is 18.4 Å². The molecule has 0 amide bonds. The zero-order valence-electron chi connectivity index (χ0n) is 10.5. The highest BCUT2D eigenvalue weighted by molar-refractivity contribution is 5.38. The average Bonchev–Trinajstić information content (AvgIpc) is 2.38. The summed E-state index contributed by atoms with van der Waals surface area (Å²) >= 11 is 0. The Morgan fingerprint density at radius 2 is 2.24 bits per heavy atom. The van der Waals surface area contributed by atoms with Gasteiger partial charge in [-0.3, -0.25) is 0 Å². The molecule has 1 fully saturated rings. The van der Waals surface area contributed by atoms with Crippen LogP contribution in [0.4, 0.5) is 5.82 Å². The smallest absolute Gasteiger partial charge is 0.128 e. The van der Waals surface area contributed by atoms with Gasteiger partial charge in [0.05, 0.1) is 0 Å². The van der Waals surface area contributed by atoms with Gasteiger partial charge in [-0.25, -0.2) is 4.98 Å². The van der Waals surface area contributed by atoms with Crippen molar-refractivity contribution in [3.05, 3.63) is 36.5 Å². The van der Waals surface area contributed by atoms with Gasteiger partial charge in [0.2, 0.25) is 0 Å². The fourth-order valence-corrected chi connectivity index (χ4v) is 2.17. The van der Waals surface area contributed by atoms with Gasteiger partial charge in [-0.15, -0.1) is 0 Å². The zero-order chi connectivity index (χ0) is 12.1. The maximum Gasteiger partial charge on any atom is 0.128 e. The maximum atomic E-state index is 4.39. The summed E-state index contributed by atoms with van der Waals surface area (Å²) in [5.74, 6) is 1.10. The Kier molecular flexibility index (Phi) is 4.15. The van der Waals surface area contributed by atoms with E-state index in [1.807, 2.05) is 18.3 Å². The first-order valence-electron chi connectivity index (χ1n) is 6.29. The Labute approximate surface area is 104 Å². The molecule has 2 heterocycles. The summed E-state index contributed by atoms with van der Waals surface area (Å²) in [5, 5.41) is 3.55. The Bertz CT molecular complexity index is 353. The van der Waals surface area contributed by atoms with E-state index in [4.69, 9.17) is 0 Å². The van der Waals surface area contributed by atoms with Crippen molar-refractivity contribution in [2.45, 2.75) is 25.8 Å². The molecule has 1 saturated heterocycles. The molecule has 1 aliphatic rings. The largest absolute Gasteiger partial charge is 0.357 e. The summed E-state index contributed by atoms with van der Waals surface area (Å²) < 4.78 is 0. The molecular weight excluding hydrogens is 210 g/mol. The summed E-state index contributed by atoms with van der Waals surface area (Å²) in [6.45, 7) is 9.10. The van der Waals surface area contributed by atoms with Crippen LogP contribution >= 0.6 is 0 Å². The molecule has 3 heteroatoms. The van der Waals surface area contributed by atoms with Crippen LogP contribution in [0.25, 0.3) is 0 Å². The van der Waals surface area contributed by atoms with Crippen molar-refractivity contribution in [3.8, 4) is 0 Å². The van der Waals surface area contributed by atoms with E-state index in [1.54, 1.807) is 0 Å². The highest BCUT2D eigenvalue weighted by atomic mass is 15.2. The number of piperidine rings is 1. The second kappa shape index (κ2) is 5.82. The summed E-state index contributed by atoms with van der Waals surface area (Å²) in [6.07, 6.45) is 4.23. The molecule has 1 N–H and O–H groups in total. The van der Waals surface area contributed by atoms with E-state index in [9.17, 15) is 0 Å². The zero-order valence-corrected chi connectivity index (χ0v) is 10.5. The van der Waals surface area contributed by atoms with E-state index >= 15 is 0 Å². The van der Waals surface area contributed by atoms with Crippen LogP contribution in [0.1, 0.15) is 19.8 Å². The van der Waals surface area contributed by atoms with Crippen LogP contribution in [0.2, 0.25) is 0 Å². The van der Waals surface area contributed by atoms with Crippen molar-refractivity contribution < 1.29 is 0 Å². The third kappa shape index (κ3) is 3.56. The molecule has 0 saturated carbocycles. The van der Waals surface area contributed by atoms with E-state index < -0.39 is 0 Å². The van der Waals surface area contributed by atoms with Crippen molar-refractivity contribution in [2.24, 2.45) is 0 Å². The molecule has 17 heavy (non-hydrogen) atoms. The molecule has 2 rings (SSSR count). The molecule has 0 aromatic carbocycles. The van der Waals surface area contributed by atoms with Crippen LogP contribution in [0, 0.1) is 0 Å². The molecule has 0 bridgehead atoms. The minimum absolute atomic E-state index is 0.631. The average molecular weight is 231 g/mol. The SMILES string of the molecule is C=C(C)CNC1CCN(c2ccccn2)CC1. The van der Waals surface area contributed by atoms with Crippen LogP contribution < -0.4 is 10.2 Å². The lowest BCUT2D eigenvalue weighted by Gasteiger charge is -2.33. The van der Waals surface area contributed by atoms with E-state index in [0.29, 0.717) is 6.04 Å². The quantitative estimate of drug-likeness (QED) is 0.805. The normalized spacial score (nSPS) is 17.1. The predicted molar refractivity (Wildman–Crippen MR) is 72.3 cm³/mol. The lowest BCUT2D eigenvalue weighted by atomic mass is 10.0. The summed E-state index contributed by atoms with van der Waals surface area (Å²) in [4.78, 5) is 6.75. The van der Waals surface area contributed by atoms with Crippen LogP contribution in [0.15, 0.2) is 36.5 Å². The van der Waals surface area contributed by atoms with Crippen LogP contribution in [0.3, 0.4) is 0 Å². The fourth-order valence-electron chi connectivity index (χ4n) is 2.17. The first kappa shape index (κ1) is 12.1. The monoisotopic (exact) mass is 231 g/mol. The lowest BCUT2D eigenvalue weighted by molar-refractivity contribution is 0.426.